The molecule has 6 heavy (non-hydrogen) atoms. The molecule has 1 saturated carbocycles. The van der Waals surface area contributed by atoms with Gasteiger partial charge in [0, 0.05) is 0 Å². The standard InChI is InChI=1S/C4H5N2/c5-3-4(6)1-2-4/h6H,1-2H2. The number of nitriles is 1. The van der Waals surface area contributed by atoms with E-state index < -0.39 is 5.54 Å². The van der Waals surface area contributed by atoms with E-state index in [0.717, 1.165) is 12.8 Å². The first-order valence-corrected chi connectivity index (χ1v) is 1.93. The Hall–Kier alpha value is -0.550. The fourth-order valence-corrected chi connectivity index (χ4v) is 0.237. The average Bonchev–Trinajstić information content (AvgIpc) is 2.22. The van der Waals surface area contributed by atoms with Crippen molar-refractivity contribution in [1.82, 2.24) is 5.73 Å². The normalized spacial score (nSPS) is 25.3. The number of hydrogen-bond acceptors (Lipinski definition) is 1. The number of nitrogens with zero attached hydrogens (tertiary/aromatic N) is 1. The van der Waals surface area contributed by atoms with Gasteiger partial charge in [-0.1, -0.05) is 0 Å². The zero-order valence-electron chi connectivity index (χ0n) is 3.36. The molecule has 1 radical (unpaired) electrons. The van der Waals surface area contributed by atoms with Crippen LogP contribution in [-0.2, 0) is 0 Å². The van der Waals surface area contributed by atoms with Gasteiger partial charge in [0.25, 0.3) is 0 Å². The van der Waals surface area contributed by atoms with Crippen LogP contribution in [0.4, 0.5) is 0 Å². The van der Waals surface area contributed by atoms with Gasteiger partial charge in [-0.15, -0.1) is 0 Å². The van der Waals surface area contributed by atoms with Gasteiger partial charge in [0.2, 0.25) is 0 Å². The minimum absolute atomic E-state index is 0.653. The van der Waals surface area contributed by atoms with Crippen molar-refractivity contribution in [3.05, 3.63) is 0 Å². The summed E-state index contributed by atoms with van der Waals surface area (Å²) in [6.07, 6.45) is 1.56. The molecule has 1 rings (SSSR count). The first-order chi connectivity index (χ1) is 2.77. The van der Waals surface area contributed by atoms with Crippen molar-refractivity contribution < 1.29 is 0 Å². The second kappa shape index (κ2) is 0.742. The lowest BCUT2D eigenvalue weighted by Gasteiger charge is -1.82. The summed E-state index contributed by atoms with van der Waals surface area (Å²) in [7, 11) is 0. The largest absolute Gasteiger partial charge is 0.236 e. The molecule has 1 aliphatic carbocycles. The van der Waals surface area contributed by atoms with E-state index in [4.69, 9.17) is 11.0 Å². The Bertz CT molecular complexity index is 96.6. The fourth-order valence-electron chi connectivity index (χ4n) is 0.237. The number of hydrogen-bond donors (Lipinski definition) is 0. The maximum Gasteiger partial charge on any atom is 0.119 e. The van der Waals surface area contributed by atoms with E-state index in [0.29, 0.717) is 0 Å². The first kappa shape index (κ1) is 3.63. The zero-order valence-corrected chi connectivity index (χ0v) is 3.36. The van der Waals surface area contributed by atoms with Crippen LogP contribution in [0.25, 0.3) is 0 Å². The molecule has 0 saturated heterocycles. The molecule has 0 aromatic rings. The van der Waals surface area contributed by atoms with Crippen molar-refractivity contribution >= 4 is 0 Å². The Morgan fingerprint density at radius 2 is 2.17 bits per heavy atom. The van der Waals surface area contributed by atoms with E-state index in [-0.39, 0.29) is 0 Å². The molecule has 0 aromatic heterocycles. The van der Waals surface area contributed by atoms with Crippen LogP contribution in [0, 0.1) is 11.3 Å². The van der Waals surface area contributed by atoms with Crippen molar-refractivity contribution in [2.45, 2.75) is 18.4 Å². The molecule has 1 N–H and O–H groups in total. The lowest BCUT2D eigenvalue weighted by atomic mass is 10.4. The van der Waals surface area contributed by atoms with Crippen LogP contribution in [0.5, 0.6) is 0 Å². The monoisotopic (exact) mass is 81.0 g/mol. The van der Waals surface area contributed by atoms with Gasteiger partial charge in [-0.25, -0.2) is 5.73 Å². The highest BCUT2D eigenvalue weighted by atomic mass is 14.8. The van der Waals surface area contributed by atoms with Gasteiger partial charge in [-0.05, 0) is 12.8 Å². The molecule has 31 valence electrons. The van der Waals surface area contributed by atoms with Crippen LogP contribution in [-0.4, -0.2) is 5.54 Å². The van der Waals surface area contributed by atoms with Crippen LogP contribution < -0.4 is 5.73 Å². The Balaban J connectivity index is 2.54. The first-order valence-electron chi connectivity index (χ1n) is 1.93. The van der Waals surface area contributed by atoms with Gasteiger partial charge in [-0.2, -0.15) is 5.26 Å². The molecule has 0 spiro atoms. The van der Waals surface area contributed by atoms with Crippen molar-refractivity contribution in [3.8, 4) is 6.07 Å². The Morgan fingerprint density at radius 1 is 1.67 bits per heavy atom. The van der Waals surface area contributed by atoms with E-state index in [1.54, 1.807) is 0 Å². The second-order valence-electron chi connectivity index (χ2n) is 1.69. The summed E-state index contributed by atoms with van der Waals surface area (Å²) in [6, 6.07) is 1.88. The predicted molar refractivity (Wildman–Crippen MR) is 20.7 cm³/mol. The van der Waals surface area contributed by atoms with Gasteiger partial charge in [0.15, 0.2) is 0 Å². The Morgan fingerprint density at radius 3 is 2.17 bits per heavy atom. The maximum atomic E-state index is 8.03. The van der Waals surface area contributed by atoms with E-state index in [1.807, 2.05) is 6.07 Å². The Labute approximate surface area is 36.6 Å². The number of rotatable bonds is 0. The van der Waals surface area contributed by atoms with Gasteiger partial charge in [0.1, 0.15) is 5.54 Å². The van der Waals surface area contributed by atoms with Crippen molar-refractivity contribution in [2.24, 2.45) is 0 Å². The van der Waals surface area contributed by atoms with Crippen molar-refractivity contribution in [3.63, 3.8) is 0 Å². The molecule has 1 fully saturated rings. The predicted octanol–water partition coefficient (Wildman–Crippen LogP) is 0.325. The quantitative estimate of drug-likeness (QED) is 0.414. The second-order valence-corrected chi connectivity index (χ2v) is 1.69. The summed E-state index contributed by atoms with van der Waals surface area (Å²) in [5, 5.41) is 8.03. The average molecular weight is 81.1 g/mol. The molecule has 0 bridgehead atoms. The van der Waals surface area contributed by atoms with Gasteiger partial charge < -0.3 is 0 Å². The zero-order chi connectivity index (χ0) is 4.62. The molecule has 0 aromatic carbocycles. The minimum atomic E-state index is -0.653. The van der Waals surface area contributed by atoms with Gasteiger partial charge in [-0.3, -0.25) is 0 Å². The maximum absolute atomic E-state index is 8.03. The highest BCUT2D eigenvalue weighted by molar-refractivity contribution is 5.15. The van der Waals surface area contributed by atoms with Crippen LogP contribution in [0.3, 0.4) is 0 Å². The summed E-state index contributed by atoms with van der Waals surface area (Å²) in [5.41, 5.74) is 6.28. The summed E-state index contributed by atoms with van der Waals surface area (Å²) < 4.78 is 0. The molecule has 1 aliphatic rings. The highest BCUT2D eigenvalue weighted by Gasteiger charge is 2.39. The van der Waals surface area contributed by atoms with Gasteiger partial charge >= 0.3 is 0 Å². The van der Waals surface area contributed by atoms with Crippen molar-refractivity contribution in [1.29, 1.82) is 5.26 Å². The molecule has 0 heterocycles. The van der Waals surface area contributed by atoms with Crippen LogP contribution in [0.1, 0.15) is 12.8 Å². The van der Waals surface area contributed by atoms with E-state index >= 15 is 0 Å². The lowest BCUT2D eigenvalue weighted by Crippen LogP contribution is -2.02. The molecule has 0 atom stereocenters. The van der Waals surface area contributed by atoms with Crippen molar-refractivity contribution in [2.75, 3.05) is 0 Å². The summed E-state index contributed by atoms with van der Waals surface area (Å²) in [6.45, 7) is 0. The third-order valence-corrected chi connectivity index (χ3v) is 0.964. The van der Waals surface area contributed by atoms with E-state index in [9.17, 15) is 0 Å². The molecular formula is C4H5N2. The lowest BCUT2D eigenvalue weighted by molar-refractivity contribution is 0.838. The topological polar surface area (TPSA) is 47.6 Å². The fraction of sp³-hybridized carbons (Fsp3) is 0.750. The molecule has 0 amide bonds. The molecule has 0 unspecified atom stereocenters. The molecule has 0 aliphatic heterocycles. The summed E-state index contributed by atoms with van der Waals surface area (Å²) in [5.74, 6) is 0. The molecule has 2 heteroatoms. The Kier molecular flexibility index (Phi) is 0.449. The molecule has 2 nitrogen and oxygen atoms in total. The van der Waals surface area contributed by atoms with E-state index in [1.165, 1.54) is 0 Å². The van der Waals surface area contributed by atoms with E-state index in [2.05, 4.69) is 0 Å². The molecular weight excluding hydrogens is 76.1 g/mol. The summed E-state index contributed by atoms with van der Waals surface area (Å²) in [4.78, 5) is 0. The van der Waals surface area contributed by atoms with Crippen LogP contribution in [0.2, 0.25) is 0 Å². The third-order valence-electron chi connectivity index (χ3n) is 0.964. The summed E-state index contributed by atoms with van der Waals surface area (Å²) >= 11 is 0. The minimum Gasteiger partial charge on any atom is -0.236 e. The van der Waals surface area contributed by atoms with Crippen LogP contribution >= 0.6 is 0 Å². The SMILES string of the molecule is N#CC1([NH])CC1. The highest BCUT2D eigenvalue weighted by Crippen LogP contribution is 2.32. The third kappa shape index (κ3) is 0.373. The smallest absolute Gasteiger partial charge is 0.119 e. The van der Waals surface area contributed by atoms with Crippen LogP contribution in [0.15, 0.2) is 0 Å². The van der Waals surface area contributed by atoms with Gasteiger partial charge in [0.05, 0.1) is 6.07 Å². The number of nitrogens with one attached hydrogen (secondary N) is 1.